The summed E-state index contributed by atoms with van der Waals surface area (Å²) < 4.78 is 32.5. The first-order chi connectivity index (χ1) is 5.84. The second kappa shape index (κ2) is 5.44. The van der Waals surface area contributed by atoms with Gasteiger partial charge in [-0.3, -0.25) is 0 Å². The van der Waals surface area contributed by atoms with Crippen molar-refractivity contribution in [3.63, 3.8) is 0 Å². The first-order valence-electron chi connectivity index (χ1n) is 4.23. The van der Waals surface area contributed by atoms with Crippen LogP contribution in [0.3, 0.4) is 0 Å². The average molecular weight is 248 g/mol. The van der Waals surface area contributed by atoms with Crippen molar-refractivity contribution in [2.45, 2.75) is 50.6 Å². The molecule has 0 spiro atoms. The van der Waals surface area contributed by atoms with Crippen LogP contribution in [0.25, 0.3) is 0 Å². The summed E-state index contributed by atoms with van der Waals surface area (Å²) in [4.78, 5) is 0. The van der Waals surface area contributed by atoms with E-state index in [9.17, 15) is 23.2 Å². The molecular weight excluding hydrogens is 231 g/mol. The molecule has 0 aromatic heterocycles. The van der Waals surface area contributed by atoms with Crippen molar-refractivity contribution in [2.24, 2.45) is 0 Å². The minimum absolute atomic E-state index is 0. The van der Waals surface area contributed by atoms with Crippen molar-refractivity contribution in [3.05, 3.63) is 0 Å². The molecule has 0 heterocycles. The van der Waals surface area contributed by atoms with E-state index in [1.165, 1.54) is 27.7 Å². The molecule has 86 valence electrons. The van der Waals surface area contributed by atoms with Crippen molar-refractivity contribution in [3.8, 4) is 0 Å². The van der Waals surface area contributed by atoms with Crippen molar-refractivity contribution >= 4 is 10.1 Å². The Morgan fingerprint density at radius 3 is 1.60 bits per heavy atom. The third-order valence-corrected chi connectivity index (χ3v) is 3.26. The molecule has 7 heteroatoms. The fourth-order valence-electron chi connectivity index (χ4n) is 1.16. The molecule has 0 aliphatic rings. The standard InChI is InChI=1S/C8H18O5S.Na/c1-7(2,9)5-6(8(3,4)10)14(11,12)13;/h6,9-10H,5H2,1-4H3,(H,11,12,13);/q;+1/p-1. The van der Waals surface area contributed by atoms with E-state index >= 15 is 0 Å². The fraction of sp³-hybridized carbons (Fsp3) is 1.00. The van der Waals surface area contributed by atoms with Gasteiger partial charge in [-0.2, -0.15) is 0 Å². The molecule has 0 rings (SSSR count). The van der Waals surface area contributed by atoms with E-state index in [1.807, 2.05) is 0 Å². The molecule has 0 aliphatic carbocycles. The summed E-state index contributed by atoms with van der Waals surface area (Å²) in [6.45, 7) is 5.24. The van der Waals surface area contributed by atoms with Crippen LogP contribution >= 0.6 is 0 Å². The van der Waals surface area contributed by atoms with E-state index < -0.39 is 26.6 Å². The minimum atomic E-state index is -4.62. The molecule has 0 aromatic carbocycles. The van der Waals surface area contributed by atoms with Crippen LogP contribution in [-0.2, 0) is 10.1 Å². The molecule has 0 saturated heterocycles. The van der Waals surface area contributed by atoms with Crippen LogP contribution in [0, 0.1) is 0 Å². The van der Waals surface area contributed by atoms with Gasteiger partial charge in [-0.1, -0.05) is 0 Å². The second-order valence-corrected chi connectivity index (χ2v) is 6.21. The Kier molecular flexibility index (Phi) is 6.60. The Morgan fingerprint density at radius 2 is 1.53 bits per heavy atom. The molecule has 5 nitrogen and oxygen atoms in total. The Bertz CT molecular complexity index is 285. The van der Waals surface area contributed by atoms with Crippen LogP contribution in [0.1, 0.15) is 34.1 Å². The fourth-order valence-corrected chi connectivity index (χ4v) is 2.48. The van der Waals surface area contributed by atoms with Gasteiger partial charge in [0.2, 0.25) is 0 Å². The van der Waals surface area contributed by atoms with Gasteiger partial charge in [0.05, 0.1) is 16.5 Å². The quantitative estimate of drug-likeness (QED) is 0.404. The van der Waals surface area contributed by atoms with Crippen LogP contribution < -0.4 is 29.6 Å². The second-order valence-electron chi connectivity index (χ2n) is 4.65. The molecule has 15 heavy (non-hydrogen) atoms. The van der Waals surface area contributed by atoms with Gasteiger partial charge in [0.1, 0.15) is 10.1 Å². The summed E-state index contributed by atoms with van der Waals surface area (Å²) in [6.07, 6.45) is -0.289. The van der Waals surface area contributed by atoms with Gasteiger partial charge in [-0.15, -0.1) is 0 Å². The maximum Gasteiger partial charge on any atom is 1.00 e. The summed E-state index contributed by atoms with van der Waals surface area (Å²) in [6, 6.07) is 0. The zero-order valence-corrected chi connectivity index (χ0v) is 12.6. The van der Waals surface area contributed by atoms with E-state index in [4.69, 9.17) is 0 Å². The summed E-state index contributed by atoms with van der Waals surface area (Å²) in [5.74, 6) is 0. The molecule has 0 amide bonds. The van der Waals surface area contributed by atoms with Crippen molar-refractivity contribution in [1.82, 2.24) is 0 Å². The molecule has 0 saturated carbocycles. The summed E-state index contributed by atoms with van der Waals surface area (Å²) in [5.41, 5.74) is -2.96. The van der Waals surface area contributed by atoms with Gasteiger partial charge >= 0.3 is 29.6 Å². The summed E-state index contributed by atoms with van der Waals surface area (Å²) >= 11 is 0. The van der Waals surface area contributed by atoms with Crippen LogP contribution in [-0.4, -0.2) is 39.6 Å². The van der Waals surface area contributed by atoms with Crippen LogP contribution in [0.4, 0.5) is 0 Å². The molecule has 1 unspecified atom stereocenters. The van der Waals surface area contributed by atoms with Gasteiger partial charge in [0.25, 0.3) is 0 Å². The smallest absolute Gasteiger partial charge is 0.748 e. The number of hydrogen-bond acceptors (Lipinski definition) is 5. The Hall–Kier alpha value is 0.830. The molecular formula is C8H17NaO5S. The first kappa shape index (κ1) is 18.2. The largest absolute Gasteiger partial charge is 1.00 e. The van der Waals surface area contributed by atoms with Crippen molar-refractivity contribution in [1.29, 1.82) is 0 Å². The maximum atomic E-state index is 10.8. The van der Waals surface area contributed by atoms with Crippen molar-refractivity contribution < 1.29 is 52.7 Å². The predicted octanol–water partition coefficient (Wildman–Crippen LogP) is -3.16. The molecule has 0 radical (unpaired) electrons. The average Bonchev–Trinajstić information content (AvgIpc) is 1.75. The molecule has 2 N–H and O–H groups in total. The van der Waals surface area contributed by atoms with E-state index in [-0.39, 0.29) is 36.0 Å². The molecule has 0 bridgehead atoms. The van der Waals surface area contributed by atoms with Crippen molar-refractivity contribution in [2.75, 3.05) is 0 Å². The zero-order valence-electron chi connectivity index (χ0n) is 9.81. The summed E-state index contributed by atoms with van der Waals surface area (Å²) in [7, 11) is -4.62. The Balaban J connectivity index is 0. The van der Waals surface area contributed by atoms with Gasteiger partial charge in [0.15, 0.2) is 0 Å². The Morgan fingerprint density at radius 1 is 1.20 bits per heavy atom. The van der Waals surface area contributed by atoms with Gasteiger partial charge < -0.3 is 14.8 Å². The van der Waals surface area contributed by atoms with E-state index in [1.54, 1.807) is 0 Å². The van der Waals surface area contributed by atoms with Gasteiger partial charge in [0, 0.05) is 0 Å². The maximum absolute atomic E-state index is 10.8. The Labute approximate surface area is 113 Å². The SMILES string of the molecule is CC(C)(O)CC(C(C)(C)O)S(=O)(=O)[O-].[Na+]. The summed E-state index contributed by atoms with van der Waals surface area (Å²) in [5, 5.41) is 17.4. The third kappa shape index (κ3) is 7.68. The molecule has 1 atom stereocenters. The first-order valence-corrected chi connectivity index (χ1v) is 5.70. The monoisotopic (exact) mass is 248 g/mol. The van der Waals surface area contributed by atoms with E-state index in [0.717, 1.165) is 0 Å². The van der Waals surface area contributed by atoms with Crippen LogP contribution in [0.15, 0.2) is 0 Å². The third-order valence-electron chi connectivity index (χ3n) is 1.82. The topological polar surface area (TPSA) is 97.7 Å². The van der Waals surface area contributed by atoms with Crippen LogP contribution in [0.5, 0.6) is 0 Å². The normalized spacial score (nSPS) is 15.7. The minimum Gasteiger partial charge on any atom is -0.748 e. The molecule has 0 fully saturated rings. The zero-order chi connectivity index (χ0) is 11.8. The molecule has 0 aliphatic heterocycles. The number of rotatable bonds is 4. The number of aliphatic hydroxyl groups is 2. The van der Waals surface area contributed by atoms with E-state index in [2.05, 4.69) is 0 Å². The van der Waals surface area contributed by atoms with Crippen LogP contribution in [0.2, 0.25) is 0 Å². The van der Waals surface area contributed by atoms with Gasteiger partial charge in [-0.05, 0) is 34.1 Å². The van der Waals surface area contributed by atoms with E-state index in [0.29, 0.717) is 0 Å². The predicted molar refractivity (Wildman–Crippen MR) is 50.7 cm³/mol. The number of hydrogen-bond donors (Lipinski definition) is 2. The van der Waals surface area contributed by atoms with Gasteiger partial charge in [-0.25, -0.2) is 8.42 Å². The molecule has 0 aromatic rings.